The number of hydrogen-bond donors (Lipinski definition) is 0. The fourth-order valence-corrected chi connectivity index (χ4v) is 8.02. The first kappa shape index (κ1) is 33.8. The lowest BCUT2D eigenvalue weighted by Gasteiger charge is -2.25. The first-order chi connectivity index (χ1) is 19.2. The topological polar surface area (TPSA) is 43.4 Å². The van der Waals surface area contributed by atoms with Gasteiger partial charge in [-0.2, -0.15) is 0 Å². The van der Waals surface area contributed by atoms with Crippen LogP contribution in [0.2, 0.25) is 0 Å². The number of ketones is 1. The van der Waals surface area contributed by atoms with E-state index in [0.29, 0.717) is 16.6 Å². The highest BCUT2D eigenvalue weighted by Crippen LogP contribution is 2.46. The van der Waals surface area contributed by atoms with Crippen LogP contribution in [0.15, 0.2) is 30.3 Å². The van der Waals surface area contributed by atoms with Crippen molar-refractivity contribution < 1.29 is 12.7 Å². The van der Waals surface area contributed by atoms with E-state index in [9.17, 15) is 9.59 Å². The molecule has 2 atom stereocenters. The van der Waals surface area contributed by atoms with E-state index in [-0.39, 0.29) is 25.2 Å². The molecule has 3 nitrogen and oxygen atoms in total. The van der Waals surface area contributed by atoms with Crippen molar-refractivity contribution in [3.63, 3.8) is 0 Å². The van der Waals surface area contributed by atoms with Crippen molar-refractivity contribution in [2.24, 2.45) is 22.7 Å². The van der Waals surface area contributed by atoms with Gasteiger partial charge in [0.2, 0.25) is 0 Å². The minimum absolute atomic E-state index is 0. The summed E-state index contributed by atoms with van der Waals surface area (Å²) in [5.74, 6) is 0.531. The summed E-state index contributed by atoms with van der Waals surface area (Å²) in [6.07, 6.45) is 13.3. The Morgan fingerprint density at radius 3 is 1.98 bits per heavy atom. The van der Waals surface area contributed by atoms with E-state index >= 15 is 0 Å². The Balaban J connectivity index is 0.000000221. The van der Waals surface area contributed by atoms with E-state index in [1.54, 1.807) is 23.0 Å². The predicted octanol–water partition coefficient (Wildman–Crippen LogP) is 10.0. The van der Waals surface area contributed by atoms with Gasteiger partial charge in [-0.3, -0.25) is 9.59 Å². The lowest BCUT2D eigenvalue weighted by atomic mass is 9.79. The molecule has 0 N–H and O–H groups in total. The van der Waals surface area contributed by atoms with Gasteiger partial charge < -0.3 is 3.07 Å². The first-order valence-electron chi connectivity index (χ1n) is 15.8. The molecule has 3 aliphatic rings. The van der Waals surface area contributed by atoms with Crippen molar-refractivity contribution in [2.75, 3.05) is 0 Å². The maximum atomic E-state index is 12.3. The molecule has 0 fully saturated rings. The second kappa shape index (κ2) is 14.2. The average Bonchev–Trinajstić information content (AvgIpc) is 3.67. The summed E-state index contributed by atoms with van der Waals surface area (Å²) in [6.45, 7) is 13.4. The van der Waals surface area contributed by atoms with Gasteiger partial charge in [-0.15, -0.1) is 0 Å². The summed E-state index contributed by atoms with van der Waals surface area (Å²) < 4.78 is 4.91. The molecule has 0 amide bonds. The third-order valence-electron chi connectivity index (χ3n) is 11.1. The van der Waals surface area contributed by atoms with Crippen molar-refractivity contribution in [2.45, 2.75) is 126 Å². The minimum atomic E-state index is -0.0917. The number of fused-ring (bicyclic) bond motifs is 4. The summed E-state index contributed by atoms with van der Waals surface area (Å²) in [5.41, 5.74) is 10.7. The number of carbonyl (C=O) groups is 2. The van der Waals surface area contributed by atoms with Gasteiger partial charge >= 0.3 is 5.97 Å². The van der Waals surface area contributed by atoms with Gasteiger partial charge in [0, 0.05) is 11.5 Å². The monoisotopic (exact) mass is 672 g/mol. The lowest BCUT2D eigenvalue weighted by Crippen LogP contribution is -2.19. The van der Waals surface area contributed by atoms with Crippen LogP contribution in [-0.4, -0.2) is 11.8 Å². The van der Waals surface area contributed by atoms with E-state index < -0.39 is 0 Å². The van der Waals surface area contributed by atoms with Gasteiger partial charge in [0.05, 0.1) is 5.92 Å². The molecule has 0 saturated heterocycles. The van der Waals surface area contributed by atoms with Crippen LogP contribution in [0.5, 0.6) is 0 Å². The van der Waals surface area contributed by atoms with Gasteiger partial charge in [-0.1, -0.05) is 79.3 Å². The first-order valence-corrected chi connectivity index (χ1v) is 16.7. The SMILES string of the molecule is C.CCC(Cc1cccc2c1CC(CC)(CC)C2)C(=O)OI.CCC1Cc2c(ccc3c2CC(CC)(CC)C3)C1=O. The normalized spacial score (nSPS) is 19.8. The number of hydrogen-bond acceptors (Lipinski definition) is 3. The van der Waals surface area contributed by atoms with Gasteiger partial charge in [0.15, 0.2) is 28.8 Å². The number of halogens is 1. The van der Waals surface area contributed by atoms with Crippen molar-refractivity contribution in [3.05, 3.63) is 69.3 Å². The molecule has 0 bridgehead atoms. The molecular weight excluding hydrogens is 619 g/mol. The molecule has 0 aromatic heterocycles. The molecule has 3 aliphatic carbocycles. The van der Waals surface area contributed by atoms with Crippen molar-refractivity contribution in [1.29, 1.82) is 0 Å². The zero-order valence-electron chi connectivity index (χ0n) is 25.6. The van der Waals surface area contributed by atoms with Crippen LogP contribution in [0, 0.1) is 22.7 Å². The molecule has 0 radical (unpaired) electrons. The summed E-state index contributed by atoms with van der Waals surface area (Å²) in [6, 6.07) is 11.0. The maximum absolute atomic E-state index is 12.3. The Labute approximate surface area is 264 Å². The zero-order valence-corrected chi connectivity index (χ0v) is 27.8. The molecule has 4 heteroatoms. The van der Waals surface area contributed by atoms with E-state index in [4.69, 9.17) is 3.07 Å². The quantitative estimate of drug-likeness (QED) is 0.249. The molecule has 41 heavy (non-hydrogen) atoms. The molecule has 0 saturated carbocycles. The average molecular weight is 673 g/mol. The van der Waals surface area contributed by atoms with Crippen molar-refractivity contribution in [1.82, 2.24) is 0 Å². The van der Waals surface area contributed by atoms with Gasteiger partial charge in [0.25, 0.3) is 0 Å². The number of benzene rings is 2. The van der Waals surface area contributed by atoms with Crippen molar-refractivity contribution >= 4 is 34.8 Å². The number of rotatable bonds is 9. The lowest BCUT2D eigenvalue weighted by molar-refractivity contribution is -0.135. The zero-order chi connectivity index (χ0) is 29.1. The second-order valence-electron chi connectivity index (χ2n) is 12.8. The summed E-state index contributed by atoms with van der Waals surface area (Å²) >= 11 is 1.70. The standard InChI is InChI=1S/C18H25IO2.C18H24O.CH4/c1-4-13(17(20)21-19)10-14-8-7-9-15-11-18(5-2,6-3)12-16(14)15;1-4-12-9-15-14(17(12)19)8-7-13-10-18(5-2,6-3)11-16(13)15;/h7-9,13H,4-6,10-12H2,1-3H3;7-8,12H,4-6,9-11H2,1-3H3;1H4. The highest BCUT2D eigenvalue weighted by molar-refractivity contribution is 14.1. The molecule has 2 aromatic rings. The molecule has 226 valence electrons. The molecule has 0 heterocycles. The van der Waals surface area contributed by atoms with Crippen LogP contribution in [0.1, 0.15) is 131 Å². The Morgan fingerprint density at radius 1 is 0.854 bits per heavy atom. The molecule has 0 spiro atoms. The third kappa shape index (κ3) is 6.63. The second-order valence-corrected chi connectivity index (χ2v) is 13.2. The summed E-state index contributed by atoms with van der Waals surface area (Å²) in [7, 11) is 0. The summed E-state index contributed by atoms with van der Waals surface area (Å²) in [5, 5.41) is 0. The maximum Gasteiger partial charge on any atom is 0.318 e. The molecule has 2 aromatic carbocycles. The van der Waals surface area contributed by atoms with Gasteiger partial charge in [0.1, 0.15) is 0 Å². The van der Waals surface area contributed by atoms with E-state index in [0.717, 1.165) is 31.2 Å². The van der Waals surface area contributed by atoms with E-state index in [1.165, 1.54) is 84.7 Å². The Hall–Kier alpha value is -1.69. The highest BCUT2D eigenvalue weighted by atomic mass is 127. The predicted molar refractivity (Wildman–Crippen MR) is 180 cm³/mol. The largest absolute Gasteiger partial charge is 0.394 e. The van der Waals surface area contributed by atoms with E-state index in [2.05, 4.69) is 71.9 Å². The highest BCUT2D eigenvalue weighted by Gasteiger charge is 2.40. The van der Waals surface area contributed by atoms with Crippen LogP contribution in [0.4, 0.5) is 0 Å². The fraction of sp³-hybridized carbons (Fsp3) is 0.622. The number of carbonyl (C=O) groups excluding carboxylic acids is 2. The Morgan fingerprint density at radius 2 is 1.44 bits per heavy atom. The van der Waals surface area contributed by atoms with Crippen LogP contribution >= 0.6 is 23.0 Å². The van der Waals surface area contributed by atoms with Gasteiger partial charge in [-0.05, 0) is 121 Å². The molecule has 0 aliphatic heterocycles. The van der Waals surface area contributed by atoms with Gasteiger partial charge in [-0.25, -0.2) is 0 Å². The van der Waals surface area contributed by atoms with E-state index in [1.807, 2.05) is 0 Å². The molecule has 5 rings (SSSR count). The minimum Gasteiger partial charge on any atom is -0.394 e. The fourth-order valence-electron chi connectivity index (χ4n) is 7.66. The smallest absolute Gasteiger partial charge is 0.318 e. The van der Waals surface area contributed by atoms with Crippen LogP contribution in [0.25, 0.3) is 0 Å². The molecular formula is C37H53IO3. The van der Waals surface area contributed by atoms with Crippen LogP contribution < -0.4 is 0 Å². The van der Waals surface area contributed by atoms with Crippen molar-refractivity contribution in [3.8, 4) is 0 Å². The van der Waals surface area contributed by atoms with Crippen LogP contribution in [-0.2, 0) is 46.4 Å². The molecule has 2 unspecified atom stereocenters. The Kier molecular flexibility index (Phi) is 11.7. The summed E-state index contributed by atoms with van der Waals surface area (Å²) in [4.78, 5) is 24.2. The number of Topliss-reactive ketones (excluding diaryl/α,β-unsaturated/α-hetero) is 1. The third-order valence-corrected chi connectivity index (χ3v) is 11.5. The van der Waals surface area contributed by atoms with Crippen LogP contribution in [0.3, 0.4) is 0 Å². The Bertz CT molecular complexity index is 1220.